The molecule has 0 fully saturated rings. The van der Waals surface area contributed by atoms with Gasteiger partial charge in [-0.15, -0.1) is 0 Å². The minimum Gasteiger partial charge on any atom is -0.309 e. The molecule has 0 saturated carbocycles. The smallest absolute Gasteiger partial charge is 0.0546 e. The molecule has 0 amide bonds. The molecular formula is C58H41N. The van der Waals surface area contributed by atoms with Crippen molar-refractivity contribution in [2.75, 3.05) is 4.90 Å². The number of anilines is 3. The van der Waals surface area contributed by atoms with Gasteiger partial charge in [0.1, 0.15) is 0 Å². The summed E-state index contributed by atoms with van der Waals surface area (Å²) in [4.78, 5) is 2.46. The summed E-state index contributed by atoms with van der Waals surface area (Å²) in [7, 11) is 0. The van der Waals surface area contributed by atoms with E-state index in [1.54, 1.807) is 0 Å². The maximum absolute atomic E-state index is 2.46. The van der Waals surface area contributed by atoms with Gasteiger partial charge >= 0.3 is 0 Å². The molecule has 1 heteroatoms. The largest absolute Gasteiger partial charge is 0.309 e. The molecule has 0 unspecified atom stereocenters. The first kappa shape index (κ1) is 35.7. The van der Waals surface area contributed by atoms with Crippen molar-refractivity contribution in [3.05, 3.63) is 249 Å². The monoisotopic (exact) mass is 751 g/mol. The molecule has 0 bridgehead atoms. The molecule has 10 aromatic carbocycles. The minimum atomic E-state index is 1.08. The molecule has 0 aromatic heterocycles. The first-order valence-electron chi connectivity index (χ1n) is 20.3. The zero-order valence-electron chi connectivity index (χ0n) is 32.6. The fraction of sp³-hybridized carbons (Fsp3) is 0. The second kappa shape index (κ2) is 16.0. The highest BCUT2D eigenvalue weighted by molar-refractivity contribution is 6.02. The summed E-state index contributed by atoms with van der Waals surface area (Å²) in [5.74, 6) is 0. The van der Waals surface area contributed by atoms with Crippen LogP contribution in [-0.4, -0.2) is 0 Å². The Morgan fingerprint density at radius 3 is 1.29 bits per heavy atom. The third-order valence-electron chi connectivity index (χ3n) is 11.3. The molecule has 10 rings (SSSR count). The van der Waals surface area contributed by atoms with E-state index in [0.29, 0.717) is 0 Å². The van der Waals surface area contributed by atoms with E-state index >= 15 is 0 Å². The van der Waals surface area contributed by atoms with Gasteiger partial charge in [-0.3, -0.25) is 0 Å². The van der Waals surface area contributed by atoms with Crippen molar-refractivity contribution in [2.24, 2.45) is 0 Å². The highest BCUT2D eigenvalue weighted by Crippen LogP contribution is 2.49. The maximum atomic E-state index is 2.46. The molecular weight excluding hydrogens is 711 g/mol. The van der Waals surface area contributed by atoms with Gasteiger partial charge in [0, 0.05) is 16.8 Å². The summed E-state index contributed by atoms with van der Waals surface area (Å²) < 4.78 is 0. The van der Waals surface area contributed by atoms with Gasteiger partial charge in [-0.2, -0.15) is 0 Å². The van der Waals surface area contributed by atoms with Crippen molar-refractivity contribution in [2.45, 2.75) is 0 Å². The standard InChI is InChI=1S/C58H41N/c1-4-18-46(19-5-1)52-25-12-13-27-55(52)58-54(48-22-8-3-9-23-48)28-16-30-57(58)59(56-29-15-14-26-53(56)47-20-6-2-7-21-47)51-39-37-44(38-40-51)43-31-33-45(34-32-43)50-36-35-42-17-10-11-24-49(42)41-50/h1-41H. The average Bonchev–Trinajstić information content (AvgIpc) is 3.33. The Balaban J connectivity index is 1.14. The molecule has 1 nitrogen and oxygen atoms in total. The van der Waals surface area contributed by atoms with Crippen molar-refractivity contribution >= 4 is 27.8 Å². The third-order valence-corrected chi connectivity index (χ3v) is 11.3. The van der Waals surface area contributed by atoms with Crippen LogP contribution in [-0.2, 0) is 0 Å². The van der Waals surface area contributed by atoms with E-state index in [2.05, 4.69) is 254 Å². The summed E-state index contributed by atoms with van der Waals surface area (Å²) in [5.41, 5.74) is 17.5. The van der Waals surface area contributed by atoms with Crippen molar-refractivity contribution in [1.29, 1.82) is 0 Å². The van der Waals surface area contributed by atoms with Crippen LogP contribution in [0.4, 0.5) is 17.1 Å². The molecule has 0 N–H and O–H groups in total. The molecule has 59 heavy (non-hydrogen) atoms. The van der Waals surface area contributed by atoms with Crippen LogP contribution >= 0.6 is 0 Å². The lowest BCUT2D eigenvalue weighted by Crippen LogP contribution is -2.13. The Kier molecular flexibility index (Phi) is 9.68. The number of fused-ring (bicyclic) bond motifs is 1. The van der Waals surface area contributed by atoms with Gasteiger partial charge in [-0.1, -0.05) is 218 Å². The number of hydrogen-bond acceptors (Lipinski definition) is 1. The van der Waals surface area contributed by atoms with Crippen molar-refractivity contribution in [1.82, 2.24) is 0 Å². The van der Waals surface area contributed by atoms with Crippen LogP contribution in [0, 0.1) is 0 Å². The number of rotatable bonds is 9. The van der Waals surface area contributed by atoms with Gasteiger partial charge in [0.05, 0.1) is 11.4 Å². The lowest BCUT2D eigenvalue weighted by Gasteiger charge is -2.31. The molecule has 0 atom stereocenters. The van der Waals surface area contributed by atoms with E-state index in [1.807, 2.05) is 0 Å². The molecule has 0 spiro atoms. The number of benzene rings is 10. The van der Waals surface area contributed by atoms with E-state index in [1.165, 1.54) is 72.0 Å². The summed E-state index contributed by atoms with van der Waals surface area (Å²) in [6.07, 6.45) is 0. The first-order chi connectivity index (χ1) is 29.3. The zero-order chi connectivity index (χ0) is 39.4. The number of nitrogens with zero attached hydrogens (tertiary/aromatic N) is 1. The Morgan fingerprint density at radius 1 is 0.220 bits per heavy atom. The number of hydrogen-bond donors (Lipinski definition) is 0. The quantitative estimate of drug-likeness (QED) is 0.142. The summed E-state index contributed by atoms with van der Waals surface area (Å²) >= 11 is 0. The van der Waals surface area contributed by atoms with Crippen LogP contribution in [0.3, 0.4) is 0 Å². The van der Waals surface area contributed by atoms with E-state index in [0.717, 1.165) is 22.6 Å². The van der Waals surface area contributed by atoms with E-state index < -0.39 is 0 Å². The van der Waals surface area contributed by atoms with Crippen molar-refractivity contribution < 1.29 is 0 Å². The second-order valence-electron chi connectivity index (χ2n) is 14.9. The Labute approximate surface area is 346 Å². The Bertz CT molecular complexity index is 3000. The van der Waals surface area contributed by atoms with Crippen LogP contribution < -0.4 is 4.90 Å². The van der Waals surface area contributed by atoms with E-state index in [-0.39, 0.29) is 0 Å². The van der Waals surface area contributed by atoms with E-state index in [9.17, 15) is 0 Å². The zero-order valence-corrected chi connectivity index (χ0v) is 32.6. The van der Waals surface area contributed by atoms with Crippen molar-refractivity contribution in [3.63, 3.8) is 0 Å². The van der Waals surface area contributed by atoms with Crippen molar-refractivity contribution in [3.8, 4) is 66.8 Å². The Morgan fingerprint density at radius 2 is 0.644 bits per heavy atom. The molecule has 0 radical (unpaired) electrons. The van der Waals surface area contributed by atoms with Gasteiger partial charge in [-0.05, 0) is 96.7 Å². The summed E-state index contributed by atoms with van der Waals surface area (Å²) in [6, 6.07) is 89.9. The minimum absolute atomic E-state index is 1.08. The van der Waals surface area contributed by atoms with Crippen LogP contribution in [0.15, 0.2) is 249 Å². The van der Waals surface area contributed by atoms with E-state index in [4.69, 9.17) is 0 Å². The lowest BCUT2D eigenvalue weighted by molar-refractivity contribution is 1.28. The van der Waals surface area contributed by atoms with Gasteiger partial charge < -0.3 is 4.90 Å². The lowest BCUT2D eigenvalue weighted by atomic mass is 9.87. The predicted octanol–water partition coefficient (Wildman–Crippen LogP) is 16.3. The van der Waals surface area contributed by atoms with Gasteiger partial charge in [-0.25, -0.2) is 0 Å². The fourth-order valence-electron chi connectivity index (χ4n) is 8.40. The highest BCUT2D eigenvalue weighted by Gasteiger charge is 2.24. The number of para-hydroxylation sites is 1. The van der Waals surface area contributed by atoms with Gasteiger partial charge in [0.2, 0.25) is 0 Å². The summed E-state index contributed by atoms with van der Waals surface area (Å²) in [6.45, 7) is 0. The Hall–Kier alpha value is -7.74. The van der Waals surface area contributed by atoms with Crippen LogP contribution in [0.25, 0.3) is 77.5 Å². The topological polar surface area (TPSA) is 3.24 Å². The second-order valence-corrected chi connectivity index (χ2v) is 14.9. The molecule has 0 heterocycles. The molecule has 0 aliphatic rings. The molecule has 0 aliphatic heterocycles. The molecule has 278 valence electrons. The van der Waals surface area contributed by atoms with Crippen LogP contribution in [0.1, 0.15) is 0 Å². The normalized spacial score (nSPS) is 11.1. The third kappa shape index (κ3) is 7.12. The first-order valence-corrected chi connectivity index (χ1v) is 20.3. The highest BCUT2D eigenvalue weighted by atomic mass is 15.1. The van der Waals surface area contributed by atoms with Gasteiger partial charge in [0.25, 0.3) is 0 Å². The maximum Gasteiger partial charge on any atom is 0.0546 e. The molecule has 0 aliphatic carbocycles. The SMILES string of the molecule is c1ccc(-c2ccccc2-c2c(-c3ccccc3)cccc2N(c2ccc(-c3ccc(-c4ccc5ccccc5c4)cc3)cc2)c2ccccc2-c2ccccc2)cc1. The summed E-state index contributed by atoms with van der Waals surface area (Å²) in [5, 5.41) is 2.51. The average molecular weight is 752 g/mol. The van der Waals surface area contributed by atoms with Gasteiger partial charge in [0.15, 0.2) is 0 Å². The fourth-order valence-corrected chi connectivity index (χ4v) is 8.40. The van der Waals surface area contributed by atoms with Crippen LogP contribution in [0.5, 0.6) is 0 Å². The predicted molar refractivity (Wildman–Crippen MR) is 251 cm³/mol. The molecule has 10 aromatic rings. The molecule has 0 saturated heterocycles. The van der Waals surface area contributed by atoms with Crippen LogP contribution in [0.2, 0.25) is 0 Å².